The molecule has 21 heavy (non-hydrogen) atoms. The minimum Gasteiger partial charge on any atom is -0.321 e. The number of benzene rings is 1. The predicted molar refractivity (Wildman–Crippen MR) is 84.1 cm³/mol. The molecule has 0 spiro atoms. The van der Waals surface area contributed by atoms with E-state index in [0.29, 0.717) is 15.7 Å². The van der Waals surface area contributed by atoms with Crippen LogP contribution in [0.2, 0.25) is 0 Å². The first-order chi connectivity index (χ1) is 9.77. The van der Waals surface area contributed by atoms with Crippen LogP contribution in [0.25, 0.3) is 0 Å². The molecule has 0 saturated carbocycles. The van der Waals surface area contributed by atoms with Crippen molar-refractivity contribution in [2.75, 3.05) is 5.32 Å². The standard InChI is InChI=1S/C13H10BrClN2O3S/c1-8-4-9(7-16-6-8)13(18)17-12-3-2-10(5-11(12)14)21(15,19)20/h2-7H,1H3,(H,17,18). The third-order valence-corrected chi connectivity index (χ3v) is 4.62. The van der Waals surface area contributed by atoms with Gasteiger partial charge >= 0.3 is 0 Å². The molecular weight excluding hydrogens is 380 g/mol. The fourth-order valence-electron chi connectivity index (χ4n) is 1.62. The topological polar surface area (TPSA) is 76.1 Å². The molecule has 5 nitrogen and oxygen atoms in total. The molecule has 2 rings (SSSR count). The third kappa shape index (κ3) is 4.03. The first-order valence-electron chi connectivity index (χ1n) is 5.74. The summed E-state index contributed by atoms with van der Waals surface area (Å²) >= 11 is 3.20. The zero-order chi connectivity index (χ0) is 15.6. The molecule has 0 saturated heterocycles. The fraction of sp³-hybridized carbons (Fsp3) is 0.0769. The second-order valence-corrected chi connectivity index (χ2v) is 7.70. The van der Waals surface area contributed by atoms with Gasteiger partial charge in [-0.05, 0) is 52.7 Å². The van der Waals surface area contributed by atoms with E-state index in [4.69, 9.17) is 10.7 Å². The number of halogens is 2. The molecule has 1 amide bonds. The van der Waals surface area contributed by atoms with E-state index in [2.05, 4.69) is 26.2 Å². The quantitative estimate of drug-likeness (QED) is 0.817. The van der Waals surface area contributed by atoms with Crippen LogP contribution in [0.5, 0.6) is 0 Å². The number of aryl methyl sites for hydroxylation is 1. The molecule has 0 bridgehead atoms. The molecule has 0 unspecified atom stereocenters. The van der Waals surface area contributed by atoms with Crippen molar-refractivity contribution in [1.29, 1.82) is 0 Å². The van der Waals surface area contributed by atoms with E-state index in [1.165, 1.54) is 24.4 Å². The maximum Gasteiger partial charge on any atom is 0.261 e. The summed E-state index contributed by atoms with van der Waals surface area (Å²) < 4.78 is 22.9. The molecule has 1 aromatic heterocycles. The van der Waals surface area contributed by atoms with Gasteiger partial charge in [0.15, 0.2) is 0 Å². The lowest BCUT2D eigenvalue weighted by Gasteiger charge is -2.08. The highest BCUT2D eigenvalue weighted by molar-refractivity contribution is 9.10. The monoisotopic (exact) mass is 388 g/mol. The van der Waals surface area contributed by atoms with Crippen molar-refractivity contribution in [3.05, 3.63) is 52.3 Å². The van der Waals surface area contributed by atoms with E-state index >= 15 is 0 Å². The Morgan fingerprint density at radius 1 is 1.29 bits per heavy atom. The first kappa shape index (κ1) is 15.9. The van der Waals surface area contributed by atoms with Crippen molar-refractivity contribution >= 4 is 47.3 Å². The van der Waals surface area contributed by atoms with Crippen molar-refractivity contribution < 1.29 is 13.2 Å². The fourth-order valence-corrected chi connectivity index (χ4v) is 3.03. The average molecular weight is 390 g/mol. The second-order valence-electron chi connectivity index (χ2n) is 4.28. The molecule has 0 fully saturated rings. The third-order valence-electron chi connectivity index (χ3n) is 2.61. The van der Waals surface area contributed by atoms with E-state index in [-0.39, 0.29) is 10.8 Å². The van der Waals surface area contributed by atoms with E-state index in [1.54, 1.807) is 12.3 Å². The van der Waals surface area contributed by atoms with Crippen molar-refractivity contribution in [2.24, 2.45) is 0 Å². The van der Waals surface area contributed by atoms with Gasteiger partial charge in [0.2, 0.25) is 0 Å². The molecular formula is C13H10BrClN2O3S. The first-order valence-corrected chi connectivity index (χ1v) is 8.85. The Hall–Kier alpha value is -1.44. The maximum absolute atomic E-state index is 12.1. The van der Waals surface area contributed by atoms with Gasteiger partial charge in [0, 0.05) is 27.5 Å². The highest BCUT2D eigenvalue weighted by atomic mass is 79.9. The number of pyridine rings is 1. The van der Waals surface area contributed by atoms with Crippen molar-refractivity contribution in [2.45, 2.75) is 11.8 Å². The van der Waals surface area contributed by atoms with Crippen LogP contribution in [0.3, 0.4) is 0 Å². The average Bonchev–Trinajstić information content (AvgIpc) is 2.39. The summed E-state index contributed by atoms with van der Waals surface area (Å²) in [6.45, 7) is 1.83. The number of carbonyl (C=O) groups is 1. The Morgan fingerprint density at radius 3 is 2.57 bits per heavy atom. The molecule has 0 aliphatic rings. The number of hydrogen-bond acceptors (Lipinski definition) is 4. The van der Waals surface area contributed by atoms with Gasteiger partial charge in [0.1, 0.15) is 0 Å². The predicted octanol–water partition coefficient (Wildman–Crippen LogP) is 3.33. The molecule has 0 aliphatic heterocycles. The smallest absolute Gasteiger partial charge is 0.261 e. The summed E-state index contributed by atoms with van der Waals surface area (Å²) in [5.74, 6) is -0.339. The number of amides is 1. The minimum absolute atomic E-state index is 0.0498. The van der Waals surface area contributed by atoms with Gasteiger partial charge in [-0.1, -0.05) is 0 Å². The molecule has 1 heterocycles. The Morgan fingerprint density at radius 2 is 2.00 bits per heavy atom. The van der Waals surface area contributed by atoms with Gasteiger partial charge < -0.3 is 5.32 Å². The summed E-state index contributed by atoms with van der Waals surface area (Å²) in [5.41, 5.74) is 1.71. The van der Waals surface area contributed by atoms with Crippen LogP contribution in [0.4, 0.5) is 5.69 Å². The minimum atomic E-state index is -3.81. The molecule has 110 valence electrons. The number of nitrogens with zero attached hydrogens (tertiary/aromatic N) is 1. The molecule has 0 atom stereocenters. The summed E-state index contributed by atoms with van der Waals surface area (Å²) in [7, 11) is 1.45. The largest absolute Gasteiger partial charge is 0.321 e. The highest BCUT2D eigenvalue weighted by Gasteiger charge is 2.14. The van der Waals surface area contributed by atoms with Crippen molar-refractivity contribution in [1.82, 2.24) is 4.98 Å². The summed E-state index contributed by atoms with van der Waals surface area (Å²) in [6.07, 6.45) is 3.10. The molecule has 8 heteroatoms. The van der Waals surface area contributed by atoms with Gasteiger partial charge in [-0.3, -0.25) is 9.78 Å². The van der Waals surface area contributed by atoms with Crippen LogP contribution < -0.4 is 5.32 Å². The lowest BCUT2D eigenvalue weighted by Crippen LogP contribution is -2.13. The van der Waals surface area contributed by atoms with Crippen molar-refractivity contribution in [3.8, 4) is 0 Å². The number of carbonyl (C=O) groups excluding carboxylic acids is 1. The van der Waals surface area contributed by atoms with Gasteiger partial charge in [0.25, 0.3) is 15.0 Å². The number of anilines is 1. The van der Waals surface area contributed by atoms with E-state index in [0.717, 1.165) is 5.56 Å². The van der Waals surface area contributed by atoms with Gasteiger partial charge in [-0.15, -0.1) is 0 Å². The zero-order valence-electron chi connectivity index (χ0n) is 10.8. The number of hydrogen-bond donors (Lipinski definition) is 1. The Labute approximate surface area is 134 Å². The summed E-state index contributed by atoms with van der Waals surface area (Å²) in [6, 6.07) is 5.80. The van der Waals surface area contributed by atoms with Gasteiger partial charge in [-0.2, -0.15) is 0 Å². The highest BCUT2D eigenvalue weighted by Crippen LogP contribution is 2.27. The SMILES string of the molecule is Cc1cncc(C(=O)Nc2ccc(S(=O)(=O)Cl)cc2Br)c1. The molecule has 1 N–H and O–H groups in total. The Bertz CT molecular complexity index is 809. The normalized spacial score (nSPS) is 11.2. The number of nitrogens with one attached hydrogen (secondary N) is 1. The Balaban J connectivity index is 2.26. The molecule has 0 radical (unpaired) electrons. The van der Waals surface area contributed by atoms with Gasteiger partial charge in [-0.25, -0.2) is 8.42 Å². The van der Waals surface area contributed by atoms with Crippen LogP contribution in [0, 0.1) is 6.92 Å². The number of rotatable bonds is 3. The summed E-state index contributed by atoms with van der Waals surface area (Å²) in [5, 5.41) is 2.67. The van der Waals surface area contributed by atoms with Crippen LogP contribution in [0.1, 0.15) is 15.9 Å². The van der Waals surface area contributed by atoms with Crippen LogP contribution in [-0.4, -0.2) is 19.3 Å². The molecule has 0 aliphatic carbocycles. The Kier molecular flexibility index (Phi) is 4.65. The zero-order valence-corrected chi connectivity index (χ0v) is 14.0. The van der Waals surface area contributed by atoms with E-state index < -0.39 is 9.05 Å². The van der Waals surface area contributed by atoms with Crippen LogP contribution in [0.15, 0.2) is 46.0 Å². The van der Waals surface area contributed by atoms with Crippen LogP contribution >= 0.6 is 26.6 Å². The number of aromatic nitrogens is 1. The molecule has 1 aromatic carbocycles. The van der Waals surface area contributed by atoms with Gasteiger partial charge in [0.05, 0.1) is 16.1 Å². The van der Waals surface area contributed by atoms with E-state index in [1.807, 2.05) is 6.92 Å². The van der Waals surface area contributed by atoms with Crippen LogP contribution in [-0.2, 0) is 9.05 Å². The maximum atomic E-state index is 12.1. The second kappa shape index (κ2) is 6.13. The lowest BCUT2D eigenvalue weighted by molar-refractivity contribution is 0.102. The van der Waals surface area contributed by atoms with E-state index in [9.17, 15) is 13.2 Å². The van der Waals surface area contributed by atoms with Crippen molar-refractivity contribution in [3.63, 3.8) is 0 Å². The lowest BCUT2D eigenvalue weighted by atomic mass is 10.2. The summed E-state index contributed by atoms with van der Waals surface area (Å²) in [4.78, 5) is 16.0. The molecule has 2 aromatic rings.